The Morgan fingerprint density at radius 3 is 3.00 bits per heavy atom. The van der Waals surface area contributed by atoms with E-state index >= 15 is 0 Å². The second-order valence-electron chi connectivity index (χ2n) is 1.79. The average Bonchev–Trinajstić information content (AvgIpc) is 2.31. The van der Waals surface area contributed by atoms with Crippen LogP contribution in [0.25, 0.3) is 0 Å². The molecule has 0 radical (unpaired) electrons. The molecule has 5 heteroatoms. The molecular weight excluding hydrogens is 134 g/mol. The number of anilines is 1. The normalized spacial score (nSPS) is 10.1. The van der Waals surface area contributed by atoms with Crippen molar-refractivity contribution in [1.82, 2.24) is 10.1 Å². The Balaban J connectivity index is 2.42. The Labute approximate surface area is 58.2 Å². The fraction of sp³-hybridized carbons (Fsp3) is 0.600. The second kappa shape index (κ2) is 3.17. The maximum atomic E-state index is 5.17. The van der Waals surface area contributed by atoms with Crippen LogP contribution in [-0.2, 0) is 11.2 Å². The Morgan fingerprint density at radius 1 is 1.70 bits per heavy atom. The van der Waals surface area contributed by atoms with Gasteiger partial charge in [0.25, 0.3) is 0 Å². The number of methoxy groups -OCH3 is 1. The van der Waals surface area contributed by atoms with Gasteiger partial charge in [-0.3, -0.25) is 0 Å². The summed E-state index contributed by atoms with van der Waals surface area (Å²) < 4.78 is 9.32. The van der Waals surface area contributed by atoms with Crippen molar-refractivity contribution in [3.8, 4) is 0 Å². The number of aromatic nitrogens is 2. The number of hydrogen-bond acceptors (Lipinski definition) is 5. The zero-order valence-corrected chi connectivity index (χ0v) is 5.70. The molecule has 2 N–H and O–H groups in total. The van der Waals surface area contributed by atoms with Crippen LogP contribution < -0.4 is 5.73 Å². The average molecular weight is 143 g/mol. The smallest absolute Gasteiger partial charge is 0.318 e. The van der Waals surface area contributed by atoms with Gasteiger partial charge < -0.3 is 15.0 Å². The lowest BCUT2D eigenvalue weighted by molar-refractivity contribution is 0.199. The molecule has 0 aliphatic carbocycles. The summed E-state index contributed by atoms with van der Waals surface area (Å²) in [5, 5.41) is 3.56. The molecule has 0 spiro atoms. The molecule has 10 heavy (non-hydrogen) atoms. The van der Waals surface area contributed by atoms with E-state index in [-0.39, 0.29) is 6.01 Å². The highest BCUT2D eigenvalue weighted by molar-refractivity contribution is 5.06. The summed E-state index contributed by atoms with van der Waals surface area (Å²) >= 11 is 0. The number of rotatable bonds is 3. The number of ether oxygens (including phenoxy) is 1. The summed E-state index contributed by atoms with van der Waals surface area (Å²) in [6.45, 7) is 0.582. The van der Waals surface area contributed by atoms with Crippen molar-refractivity contribution >= 4 is 6.01 Å². The van der Waals surface area contributed by atoms with Gasteiger partial charge in [-0.1, -0.05) is 5.16 Å². The molecule has 0 atom stereocenters. The number of nitrogens with zero attached hydrogens (tertiary/aromatic N) is 2. The molecule has 0 saturated heterocycles. The Hall–Kier alpha value is -1.10. The molecule has 1 heterocycles. The van der Waals surface area contributed by atoms with Crippen LogP contribution in [-0.4, -0.2) is 23.9 Å². The minimum Gasteiger partial charge on any atom is -0.384 e. The van der Waals surface area contributed by atoms with E-state index in [2.05, 4.69) is 14.7 Å². The molecule has 0 amide bonds. The zero-order chi connectivity index (χ0) is 7.40. The van der Waals surface area contributed by atoms with E-state index in [1.807, 2.05) is 0 Å². The molecule has 0 aromatic carbocycles. The van der Waals surface area contributed by atoms with Crippen molar-refractivity contribution in [3.05, 3.63) is 5.82 Å². The molecule has 0 bridgehead atoms. The van der Waals surface area contributed by atoms with Crippen LogP contribution in [0.4, 0.5) is 6.01 Å². The molecule has 0 saturated carbocycles. The third kappa shape index (κ3) is 1.70. The van der Waals surface area contributed by atoms with Gasteiger partial charge in [-0.05, 0) is 0 Å². The second-order valence-corrected chi connectivity index (χ2v) is 1.79. The Bertz CT molecular complexity index is 199. The summed E-state index contributed by atoms with van der Waals surface area (Å²) in [6, 6.07) is 0.103. The monoisotopic (exact) mass is 143 g/mol. The fourth-order valence-corrected chi connectivity index (χ4v) is 0.562. The third-order valence-electron chi connectivity index (χ3n) is 1.01. The van der Waals surface area contributed by atoms with Crippen LogP contribution in [0.1, 0.15) is 5.82 Å². The predicted molar refractivity (Wildman–Crippen MR) is 34.3 cm³/mol. The summed E-state index contributed by atoms with van der Waals surface area (Å²) in [4.78, 5) is 3.77. The standard InChI is InChI=1S/C5H9N3O2/c1-9-3-2-4-7-5(6)10-8-4/h2-3H2,1H3,(H2,6,7,8). The third-order valence-corrected chi connectivity index (χ3v) is 1.01. The molecule has 5 nitrogen and oxygen atoms in total. The molecule has 56 valence electrons. The number of hydrogen-bond donors (Lipinski definition) is 1. The Morgan fingerprint density at radius 2 is 2.50 bits per heavy atom. The number of nitrogens with two attached hydrogens (primary N) is 1. The van der Waals surface area contributed by atoms with Gasteiger partial charge in [0, 0.05) is 13.5 Å². The van der Waals surface area contributed by atoms with Crippen LogP contribution in [0.5, 0.6) is 0 Å². The molecular formula is C5H9N3O2. The van der Waals surface area contributed by atoms with Crippen molar-refractivity contribution in [2.45, 2.75) is 6.42 Å². The molecule has 0 unspecified atom stereocenters. The van der Waals surface area contributed by atoms with E-state index < -0.39 is 0 Å². The van der Waals surface area contributed by atoms with E-state index in [9.17, 15) is 0 Å². The van der Waals surface area contributed by atoms with Crippen molar-refractivity contribution in [2.24, 2.45) is 0 Å². The first-order chi connectivity index (χ1) is 4.83. The highest BCUT2D eigenvalue weighted by Crippen LogP contribution is 1.97. The minimum absolute atomic E-state index is 0.103. The molecule has 1 rings (SSSR count). The zero-order valence-electron chi connectivity index (χ0n) is 5.70. The van der Waals surface area contributed by atoms with Gasteiger partial charge in [0.1, 0.15) is 0 Å². The van der Waals surface area contributed by atoms with Gasteiger partial charge in [0.2, 0.25) is 0 Å². The molecule has 0 aliphatic rings. The highest BCUT2D eigenvalue weighted by Gasteiger charge is 2.00. The van der Waals surface area contributed by atoms with Crippen molar-refractivity contribution < 1.29 is 9.26 Å². The van der Waals surface area contributed by atoms with Crippen LogP contribution >= 0.6 is 0 Å². The lowest BCUT2D eigenvalue weighted by Gasteiger charge is -1.89. The molecule has 1 aromatic rings. The van der Waals surface area contributed by atoms with Gasteiger partial charge in [-0.15, -0.1) is 0 Å². The quantitative estimate of drug-likeness (QED) is 0.636. The van der Waals surface area contributed by atoms with Crippen LogP contribution in [0.2, 0.25) is 0 Å². The maximum absolute atomic E-state index is 5.17. The largest absolute Gasteiger partial charge is 0.384 e. The highest BCUT2D eigenvalue weighted by atomic mass is 16.5. The molecule has 0 aliphatic heterocycles. The van der Waals surface area contributed by atoms with E-state index in [1.165, 1.54) is 0 Å². The number of nitrogen functional groups attached to an aromatic ring is 1. The summed E-state index contributed by atoms with van der Waals surface area (Å²) in [5.41, 5.74) is 5.17. The summed E-state index contributed by atoms with van der Waals surface area (Å²) in [5.74, 6) is 0.583. The van der Waals surface area contributed by atoms with E-state index in [4.69, 9.17) is 10.5 Å². The minimum atomic E-state index is 0.103. The topological polar surface area (TPSA) is 74.2 Å². The Kier molecular flexibility index (Phi) is 2.22. The van der Waals surface area contributed by atoms with E-state index in [1.54, 1.807) is 7.11 Å². The maximum Gasteiger partial charge on any atom is 0.318 e. The van der Waals surface area contributed by atoms with Crippen LogP contribution in [0.15, 0.2) is 4.52 Å². The first kappa shape index (κ1) is 7.01. The van der Waals surface area contributed by atoms with E-state index in [0.717, 1.165) is 0 Å². The van der Waals surface area contributed by atoms with Crippen molar-refractivity contribution in [1.29, 1.82) is 0 Å². The first-order valence-corrected chi connectivity index (χ1v) is 2.90. The van der Waals surface area contributed by atoms with Gasteiger partial charge >= 0.3 is 6.01 Å². The summed E-state index contributed by atoms with van der Waals surface area (Å²) in [7, 11) is 1.61. The molecule has 1 aromatic heterocycles. The van der Waals surface area contributed by atoms with Crippen LogP contribution in [0.3, 0.4) is 0 Å². The van der Waals surface area contributed by atoms with E-state index in [0.29, 0.717) is 18.9 Å². The first-order valence-electron chi connectivity index (χ1n) is 2.90. The lowest BCUT2D eigenvalue weighted by Crippen LogP contribution is -1.96. The lowest BCUT2D eigenvalue weighted by atomic mass is 10.4. The van der Waals surface area contributed by atoms with Crippen molar-refractivity contribution in [2.75, 3.05) is 19.5 Å². The predicted octanol–water partition coefficient (Wildman–Crippen LogP) is -0.159. The fourth-order valence-electron chi connectivity index (χ4n) is 0.562. The van der Waals surface area contributed by atoms with Gasteiger partial charge in [0.15, 0.2) is 5.82 Å². The van der Waals surface area contributed by atoms with Gasteiger partial charge in [-0.2, -0.15) is 4.98 Å². The van der Waals surface area contributed by atoms with Crippen molar-refractivity contribution in [3.63, 3.8) is 0 Å². The van der Waals surface area contributed by atoms with Gasteiger partial charge in [0.05, 0.1) is 6.61 Å². The SMILES string of the molecule is COCCc1noc(N)n1. The van der Waals surface area contributed by atoms with Crippen LogP contribution in [0, 0.1) is 0 Å². The molecule has 0 fully saturated rings. The summed E-state index contributed by atoms with van der Waals surface area (Å²) in [6.07, 6.45) is 0.636. The van der Waals surface area contributed by atoms with Gasteiger partial charge in [-0.25, -0.2) is 0 Å².